The fraction of sp³-hybridized carbons (Fsp3) is 0.200. The van der Waals surface area contributed by atoms with E-state index < -0.39 is 0 Å². The number of aryl methyl sites for hydroxylation is 1. The molecule has 2 nitrogen and oxygen atoms in total. The van der Waals surface area contributed by atoms with Crippen molar-refractivity contribution >= 4 is 15.9 Å². The lowest BCUT2D eigenvalue weighted by Crippen LogP contribution is -2.29. The van der Waals surface area contributed by atoms with Crippen molar-refractivity contribution in [2.24, 2.45) is 5.84 Å². The van der Waals surface area contributed by atoms with Gasteiger partial charge in [-0.15, -0.1) is 0 Å². The van der Waals surface area contributed by atoms with Crippen molar-refractivity contribution in [1.29, 1.82) is 0 Å². The Kier molecular flexibility index (Phi) is 4.69. The molecule has 4 heteroatoms. The maximum atomic E-state index is 13.2. The van der Waals surface area contributed by atoms with E-state index >= 15 is 0 Å². The second-order valence-electron chi connectivity index (χ2n) is 4.56. The van der Waals surface area contributed by atoms with Crippen molar-refractivity contribution in [2.45, 2.75) is 19.4 Å². The van der Waals surface area contributed by atoms with Gasteiger partial charge in [0.15, 0.2) is 0 Å². The van der Waals surface area contributed by atoms with Crippen molar-refractivity contribution in [3.8, 4) is 0 Å². The highest BCUT2D eigenvalue weighted by Crippen LogP contribution is 2.24. The second-order valence-corrected chi connectivity index (χ2v) is 5.42. The van der Waals surface area contributed by atoms with E-state index in [1.165, 1.54) is 17.7 Å². The molecule has 1 unspecified atom stereocenters. The fourth-order valence-corrected chi connectivity index (χ4v) is 2.39. The summed E-state index contributed by atoms with van der Waals surface area (Å²) in [4.78, 5) is 0. The van der Waals surface area contributed by atoms with E-state index in [0.29, 0.717) is 6.42 Å². The molecule has 2 aromatic rings. The van der Waals surface area contributed by atoms with E-state index in [9.17, 15) is 4.39 Å². The molecule has 0 radical (unpaired) electrons. The van der Waals surface area contributed by atoms with E-state index in [2.05, 4.69) is 21.4 Å². The predicted molar refractivity (Wildman–Crippen MR) is 79.0 cm³/mol. The summed E-state index contributed by atoms with van der Waals surface area (Å²) in [6.45, 7) is 2.03. The van der Waals surface area contributed by atoms with E-state index in [-0.39, 0.29) is 11.9 Å². The second kappa shape index (κ2) is 6.28. The summed E-state index contributed by atoms with van der Waals surface area (Å²) in [5.41, 5.74) is 5.95. The predicted octanol–water partition coefficient (Wildman–Crippen LogP) is 3.64. The van der Waals surface area contributed by atoms with Gasteiger partial charge < -0.3 is 0 Å². The molecule has 0 fully saturated rings. The standard InChI is InChI=1S/C15H16BrFN2/c1-10-5-6-12(9-14(10)16)15(19-18)8-11-3-2-4-13(17)7-11/h2-7,9,15,19H,8,18H2,1H3. The van der Waals surface area contributed by atoms with Crippen molar-refractivity contribution < 1.29 is 4.39 Å². The number of hydrogen-bond acceptors (Lipinski definition) is 2. The molecule has 2 rings (SSSR count). The fourth-order valence-electron chi connectivity index (χ4n) is 2.00. The third-order valence-corrected chi connectivity index (χ3v) is 3.98. The van der Waals surface area contributed by atoms with Crippen molar-refractivity contribution in [3.63, 3.8) is 0 Å². The van der Waals surface area contributed by atoms with Gasteiger partial charge in [0.05, 0.1) is 6.04 Å². The lowest BCUT2D eigenvalue weighted by molar-refractivity contribution is 0.548. The number of nitrogens with two attached hydrogens (primary N) is 1. The van der Waals surface area contributed by atoms with Crippen LogP contribution in [0.2, 0.25) is 0 Å². The van der Waals surface area contributed by atoms with E-state index in [0.717, 1.165) is 15.6 Å². The molecule has 0 saturated carbocycles. The Labute approximate surface area is 120 Å². The van der Waals surface area contributed by atoms with Crippen LogP contribution in [0, 0.1) is 12.7 Å². The molecule has 0 heterocycles. The minimum atomic E-state index is -0.224. The zero-order valence-corrected chi connectivity index (χ0v) is 12.2. The summed E-state index contributed by atoms with van der Waals surface area (Å²) in [5, 5.41) is 0. The highest BCUT2D eigenvalue weighted by atomic mass is 79.9. The van der Waals surface area contributed by atoms with Crippen LogP contribution in [-0.2, 0) is 6.42 Å². The lowest BCUT2D eigenvalue weighted by atomic mass is 9.98. The van der Waals surface area contributed by atoms with Gasteiger partial charge in [0.2, 0.25) is 0 Å². The minimum Gasteiger partial charge on any atom is -0.271 e. The highest BCUT2D eigenvalue weighted by Gasteiger charge is 2.12. The molecule has 100 valence electrons. The van der Waals surface area contributed by atoms with Gasteiger partial charge in [-0.3, -0.25) is 11.3 Å². The number of hydrazine groups is 1. The Balaban J connectivity index is 2.22. The van der Waals surface area contributed by atoms with Crippen LogP contribution in [0.25, 0.3) is 0 Å². The Morgan fingerprint density at radius 3 is 2.68 bits per heavy atom. The van der Waals surface area contributed by atoms with Crippen LogP contribution in [0.15, 0.2) is 46.9 Å². The quantitative estimate of drug-likeness (QED) is 0.666. The number of halogens is 2. The van der Waals surface area contributed by atoms with Crippen molar-refractivity contribution in [3.05, 3.63) is 69.4 Å². The summed E-state index contributed by atoms with van der Waals surface area (Å²) >= 11 is 3.51. The summed E-state index contributed by atoms with van der Waals surface area (Å²) in [6, 6.07) is 12.7. The third kappa shape index (κ3) is 3.62. The molecule has 3 N–H and O–H groups in total. The summed E-state index contributed by atoms with van der Waals surface area (Å²) in [5.74, 6) is 5.40. The van der Waals surface area contributed by atoms with Gasteiger partial charge in [-0.05, 0) is 48.2 Å². The Bertz CT molecular complexity index is 572. The molecule has 0 aromatic heterocycles. The normalized spacial score (nSPS) is 12.4. The van der Waals surface area contributed by atoms with Gasteiger partial charge >= 0.3 is 0 Å². The van der Waals surface area contributed by atoms with Crippen LogP contribution in [0.5, 0.6) is 0 Å². The molecule has 0 bridgehead atoms. The Morgan fingerprint density at radius 2 is 2.05 bits per heavy atom. The highest BCUT2D eigenvalue weighted by molar-refractivity contribution is 9.10. The first-order valence-corrected chi connectivity index (χ1v) is 6.86. The van der Waals surface area contributed by atoms with Gasteiger partial charge in [0.25, 0.3) is 0 Å². The average molecular weight is 323 g/mol. The monoisotopic (exact) mass is 322 g/mol. The maximum absolute atomic E-state index is 13.2. The molecule has 0 aliphatic rings. The molecule has 1 atom stereocenters. The van der Waals surface area contributed by atoms with E-state index in [1.807, 2.05) is 31.2 Å². The number of benzene rings is 2. The van der Waals surface area contributed by atoms with E-state index in [4.69, 9.17) is 5.84 Å². The molecule has 0 aliphatic carbocycles. The first-order chi connectivity index (χ1) is 9.10. The van der Waals surface area contributed by atoms with Gasteiger partial charge in [-0.2, -0.15) is 0 Å². The zero-order chi connectivity index (χ0) is 13.8. The maximum Gasteiger partial charge on any atom is 0.123 e. The van der Waals surface area contributed by atoms with Gasteiger partial charge in [0.1, 0.15) is 5.82 Å². The number of nitrogens with one attached hydrogen (secondary N) is 1. The molecule has 2 aromatic carbocycles. The van der Waals surface area contributed by atoms with Crippen LogP contribution >= 0.6 is 15.9 Å². The summed E-state index contributed by atoms with van der Waals surface area (Å²) in [7, 11) is 0. The molecule has 0 amide bonds. The Morgan fingerprint density at radius 1 is 1.26 bits per heavy atom. The smallest absolute Gasteiger partial charge is 0.123 e. The van der Waals surface area contributed by atoms with Crippen LogP contribution in [0.4, 0.5) is 4.39 Å². The molecular formula is C15H16BrFN2. The molecule has 0 saturated heterocycles. The zero-order valence-electron chi connectivity index (χ0n) is 10.7. The first-order valence-electron chi connectivity index (χ1n) is 6.07. The Hall–Kier alpha value is -1.23. The van der Waals surface area contributed by atoms with E-state index in [1.54, 1.807) is 6.07 Å². The van der Waals surface area contributed by atoms with Crippen LogP contribution in [0.1, 0.15) is 22.7 Å². The molecule has 19 heavy (non-hydrogen) atoms. The van der Waals surface area contributed by atoms with Gasteiger partial charge in [-0.25, -0.2) is 4.39 Å². The molecule has 0 spiro atoms. The van der Waals surface area contributed by atoms with Crippen LogP contribution in [0.3, 0.4) is 0 Å². The summed E-state index contributed by atoms with van der Waals surface area (Å²) in [6.07, 6.45) is 0.643. The molecular weight excluding hydrogens is 307 g/mol. The largest absolute Gasteiger partial charge is 0.271 e. The first kappa shape index (κ1) is 14.2. The van der Waals surface area contributed by atoms with Crippen LogP contribution < -0.4 is 11.3 Å². The minimum absolute atomic E-state index is 0.0429. The van der Waals surface area contributed by atoms with Crippen molar-refractivity contribution in [2.75, 3.05) is 0 Å². The van der Waals surface area contributed by atoms with Crippen molar-refractivity contribution in [1.82, 2.24) is 5.43 Å². The SMILES string of the molecule is Cc1ccc(C(Cc2cccc(F)c2)NN)cc1Br. The summed E-state index contributed by atoms with van der Waals surface area (Å²) < 4.78 is 14.2. The lowest BCUT2D eigenvalue weighted by Gasteiger charge is -2.17. The number of rotatable bonds is 4. The molecule has 0 aliphatic heterocycles. The van der Waals surface area contributed by atoms with Crippen LogP contribution in [-0.4, -0.2) is 0 Å². The average Bonchev–Trinajstić information content (AvgIpc) is 2.39. The third-order valence-electron chi connectivity index (χ3n) is 3.13. The van der Waals surface area contributed by atoms with Gasteiger partial charge in [0, 0.05) is 4.47 Å². The number of hydrogen-bond donors (Lipinski definition) is 2. The van der Waals surface area contributed by atoms with Gasteiger partial charge in [-0.1, -0.05) is 40.2 Å². The topological polar surface area (TPSA) is 38.0 Å².